The lowest BCUT2D eigenvalue weighted by Gasteiger charge is -2.03. The van der Waals surface area contributed by atoms with Crippen LogP contribution in [0.15, 0.2) is 29.4 Å². The molecule has 0 fully saturated rings. The predicted octanol–water partition coefficient (Wildman–Crippen LogP) is 1.22. The van der Waals surface area contributed by atoms with Gasteiger partial charge in [-0.1, -0.05) is 35.5 Å². The Morgan fingerprint density at radius 3 is 3.00 bits per heavy atom. The molecule has 2 rings (SSSR count). The molecule has 1 heterocycles. The highest BCUT2D eigenvalue weighted by Crippen LogP contribution is 2.24. The van der Waals surface area contributed by atoms with Crippen LogP contribution in [0.1, 0.15) is 0 Å². The van der Waals surface area contributed by atoms with Gasteiger partial charge in [-0.15, -0.1) is 10.2 Å². The van der Waals surface area contributed by atoms with Crippen molar-refractivity contribution < 1.29 is 4.79 Å². The largest absolute Gasteiger partial charge is 0.305 e. The van der Waals surface area contributed by atoms with Gasteiger partial charge in [-0.25, -0.2) is 5.84 Å². The van der Waals surface area contributed by atoms with Gasteiger partial charge in [0.25, 0.3) is 0 Å². The quantitative estimate of drug-likeness (QED) is 0.383. The molecule has 0 aliphatic rings. The summed E-state index contributed by atoms with van der Waals surface area (Å²) < 4.78 is 1.81. The van der Waals surface area contributed by atoms with E-state index < -0.39 is 0 Å². The summed E-state index contributed by atoms with van der Waals surface area (Å²) in [5.41, 5.74) is 2.94. The maximum Gasteiger partial charge on any atom is 0.244 e. The van der Waals surface area contributed by atoms with Gasteiger partial charge in [0.05, 0.1) is 5.75 Å². The second-order valence-corrected chi connectivity index (χ2v) is 5.11. The van der Waals surface area contributed by atoms with Crippen LogP contribution in [0.25, 0.3) is 11.4 Å². The molecule has 100 valence electrons. The van der Waals surface area contributed by atoms with E-state index in [1.54, 1.807) is 10.6 Å². The van der Waals surface area contributed by atoms with E-state index in [9.17, 15) is 4.79 Å². The highest BCUT2D eigenvalue weighted by atomic mass is 35.5. The van der Waals surface area contributed by atoms with E-state index >= 15 is 0 Å². The summed E-state index contributed by atoms with van der Waals surface area (Å²) in [5.74, 6) is 5.64. The van der Waals surface area contributed by atoms with Crippen LogP contribution >= 0.6 is 23.4 Å². The first-order valence-electron chi connectivity index (χ1n) is 5.39. The number of benzene rings is 1. The van der Waals surface area contributed by atoms with Crippen LogP contribution in [0, 0.1) is 0 Å². The number of carbonyl (C=O) groups is 1. The third-order valence-corrected chi connectivity index (χ3v) is 3.67. The smallest absolute Gasteiger partial charge is 0.244 e. The Morgan fingerprint density at radius 2 is 2.32 bits per heavy atom. The van der Waals surface area contributed by atoms with Crippen LogP contribution in [0.4, 0.5) is 0 Å². The summed E-state index contributed by atoms with van der Waals surface area (Å²) in [5, 5.41) is 9.42. The average molecular weight is 298 g/mol. The van der Waals surface area contributed by atoms with Crippen LogP contribution < -0.4 is 11.3 Å². The normalized spacial score (nSPS) is 10.5. The Bertz CT molecular complexity index is 601. The SMILES string of the molecule is Cn1c(SCC(=O)NN)nnc1-c1cccc(Cl)c1. The van der Waals surface area contributed by atoms with Gasteiger partial charge in [-0.3, -0.25) is 10.2 Å². The van der Waals surface area contributed by atoms with E-state index in [-0.39, 0.29) is 11.7 Å². The van der Waals surface area contributed by atoms with E-state index in [0.717, 1.165) is 5.56 Å². The summed E-state index contributed by atoms with van der Waals surface area (Å²) >= 11 is 7.21. The number of nitrogens with one attached hydrogen (secondary N) is 1. The Balaban J connectivity index is 2.21. The third-order valence-electron chi connectivity index (χ3n) is 2.41. The molecule has 6 nitrogen and oxygen atoms in total. The van der Waals surface area contributed by atoms with Crippen LogP contribution in [-0.2, 0) is 11.8 Å². The van der Waals surface area contributed by atoms with Crippen molar-refractivity contribution in [2.45, 2.75) is 5.16 Å². The molecule has 0 saturated carbocycles. The maximum atomic E-state index is 11.1. The summed E-state index contributed by atoms with van der Waals surface area (Å²) in [4.78, 5) is 11.1. The molecule has 1 amide bonds. The summed E-state index contributed by atoms with van der Waals surface area (Å²) in [6.45, 7) is 0. The van der Waals surface area contributed by atoms with Crippen LogP contribution in [0.3, 0.4) is 0 Å². The second-order valence-electron chi connectivity index (χ2n) is 3.73. The van der Waals surface area contributed by atoms with Crippen molar-refractivity contribution in [2.24, 2.45) is 12.9 Å². The second kappa shape index (κ2) is 6.05. The van der Waals surface area contributed by atoms with Crippen LogP contribution in [0.5, 0.6) is 0 Å². The number of halogens is 1. The first kappa shape index (κ1) is 13.9. The molecule has 0 aliphatic carbocycles. The Kier molecular flexibility index (Phi) is 4.41. The molecule has 1 aromatic heterocycles. The molecule has 0 saturated heterocycles. The molecule has 2 aromatic rings. The van der Waals surface area contributed by atoms with E-state index in [4.69, 9.17) is 17.4 Å². The first-order valence-corrected chi connectivity index (χ1v) is 6.75. The fourth-order valence-electron chi connectivity index (χ4n) is 1.49. The topological polar surface area (TPSA) is 85.8 Å². The zero-order valence-electron chi connectivity index (χ0n) is 10.1. The predicted molar refractivity (Wildman–Crippen MR) is 74.5 cm³/mol. The fraction of sp³-hybridized carbons (Fsp3) is 0.182. The van der Waals surface area contributed by atoms with Crippen molar-refractivity contribution in [1.29, 1.82) is 0 Å². The Morgan fingerprint density at radius 1 is 1.53 bits per heavy atom. The highest BCUT2D eigenvalue weighted by Gasteiger charge is 2.12. The number of carbonyl (C=O) groups excluding carboxylic acids is 1. The molecule has 0 aliphatic heterocycles. The van der Waals surface area contributed by atoms with Gasteiger partial charge in [-0.2, -0.15) is 0 Å². The molecule has 8 heteroatoms. The molecule has 0 radical (unpaired) electrons. The van der Waals surface area contributed by atoms with Gasteiger partial charge in [0.1, 0.15) is 0 Å². The van der Waals surface area contributed by atoms with Gasteiger partial charge >= 0.3 is 0 Å². The standard InChI is InChI=1S/C11H12ClN5OS/c1-17-10(7-3-2-4-8(12)5-7)15-16-11(17)19-6-9(18)14-13/h2-5H,6,13H2,1H3,(H,14,18). The van der Waals surface area contributed by atoms with E-state index in [1.165, 1.54) is 11.8 Å². The van der Waals surface area contributed by atoms with Crippen molar-refractivity contribution in [3.8, 4) is 11.4 Å². The average Bonchev–Trinajstić information content (AvgIpc) is 2.77. The number of nitrogens with zero attached hydrogens (tertiary/aromatic N) is 3. The van der Waals surface area contributed by atoms with Crippen LogP contribution in [0.2, 0.25) is 5.02 Å². The summed E-state index contributed by atoms with van der Waals surface area (Å²) in [7, 11) is 1.83. The number of thioether (sulfide) groups is 1. The van der Waals surface area contributed by atoms with Gasteiger partial charge in [-0.05, 0) is 12.1 Å². The number of hydrazine groups is 1. The molecule has 19 heavy (non-hydrogen) atoms. The fourth-order valence-corrected chi connectivity index (χ4v) is 2.40. The zero-order chi connectivity index (χ0) is 13.8. The lowest BCUT2D eigenvalue weighted by atomic mass is 10.2. The van der Waals surface area contributed by atoms with E-state index in [2.05, 4.69) is 15.6 Å². The molecular formula is C11H12ClN5OS. The number of hydrogen-bond acceptors (Lipinski definition) is 5. The van der Waals surface area contributed by atoms with Crippen molar-refractivity contribution >= 4 is 29.3 Å². The van der Waals surface area contributed by atoms with Crippen molar-refractivity contribution in [3.05, 3.63) is 29.3 Å². The molecule has 0 atom stereocenters. The Hall–Kier alpha value is -1.57. The molecule has 0 spiro atoms. The Labute approximate surface area is 119 Å². The highest BCUT2D eigenvalue weighted by molar-refractivity contribution is 7.99. The summed E-state index contributed by atoms with van der Waals surface area (Å²) in [6.07, 6.45) is 0. The number of aromatic nitrogens is 3. The lowest BCUT2D eigenvalue weighted by molar-refractivity contribution is -0.118. The number of hydrogen-bond donors (Lipinski definition) is 2. The van der Waals surface area contributed by atoms with Crippen molar-refractivity contribution in [3.63, 3.8) is 0 Å². The van der Waals surface area contributed by atoms with Gasteiger partial charge < -0.3 is 4.57 Å². The zero-order valence-corrected chi connectivity index (χ0v) is 11.7. The minimum absolute atomic E-state index is 0.192. The van der Waals surface area contributed by atoms with Crippen molar-refractivity contribution in [1.82, 2.24) is 20.2 Å². The van der Waals surface area contributed by atoms with Gasteiger partial charge in [0.2, 0.25) is 5.91 Å². The van der Waals surface area contributed by atoms with Gasteiger partial charge in [0.15, 0.2) is 11.0 Å². The molecule has 1 aromatic carbocycles. The monoisotopic (exact) mass is 297 g/mol. The summed E-state index contributed by atoms with van der Waals surface area (Å²) in [6, 6.07) is 7.35. The maximum absolute atomic E-state index is 11.1. The minimum Gasteiger partial charge on any atom is -0.305 e. The van der Waals surface area contributed by atoms with E-state index in [1.807, 2.05) is 25.2 Å². The first-order chi connectivity index (χ1) is 9.11. The van der Waals surface area contributed by atoms with E-state index in [0.29, 0.717) is 16.0 Å². The number of nitrogens with two attached hydrogens (primary N) is 1. The van der Waals surface area contributed by atoms with Crippen LogP contribution in [-0.4, -0.2) is 26.4 Å². The van der Waals surface area contributed by atoms with Gasteiger partial charge in [0, 0.05) is 17.6 Å². The molecule has 3 N–H and O–H groups in total. The molecule has 0 bridgehead atoms. The molecular weight excluding hydrogens is 286 g/mol. The lowest BCUT2D eigenvalue weighted by Crippen LogP contribution is -2.31. The number of amides is 1. The number of rotatable bonds is 4. The third kappa shape index (κ3) is 3.25. The molecule has 0 unspecified atom stereocenters. The van der Waals surface area contributed by atoms with Crippen molar-refractivity contribution in [2.75, 3.05) is 5.75 Å². The minimum atomic E-state index is -0.266.